The molecule has 21 heavy (non-hydrogen) atoms. The lowest BCUT2D eigenvalue weighted by Crippen LogP contribution is -2.26. The van der Waals surface area contributed by atoms with Crippen LogP contribution < -0.4 is 5.56 Å². The monoisotopic (exact) mass is 301 g/mol. The molecular weight excluding hydrogens is 287 g/mol. The average molecular weight is 301 g/mol. The SMILES string of the molecule is CC(C)(C)c1cnc(Cn2nc(C(F)(F)F)ccc2=O)o1. The zero-order valence-electron chi connectivity index (χ0n) is 11.7. The first-order valence-electron chi connectivity index (χ1n) is 6.18. The zero-order chi connectivity index (χ0) is 15.8. The summed E-state index contributed by atoms with van der Waals surface area (Å²) in [6.07, 6.45) is -3.11. The number of rotatable bonds is 2. The Morgan fingerprint density at radius 2 is 1.90 bits per heavy atom. The number of aromatic nitrogens is 3. The highest BCUT2D eigenvalue weighted by Gasteiger charge is 2.33. The second-order valence-electron chi connectivity index (χ2n) is 5.58. The third-order valence-corrected chi connectivity index (χ3v) is 2.73. The maximum Gasteiger partial charge on any atom is 0.435 e. The average Bonchev–Trinajstić information content (AvgIpc) is 2.79. The molecule has 0 spiro atoms. The van der Waals surface area contributed by atoms with E-state index >= 15 is 0 Å². The van der Waals surface area contributed by atoms with Gasteiger partial charge in [-0.3, -0.25) is 4.79 Å². The molecule has 0 radical (unpaired) electrons. The molecule has 0 saturated heterocycles. The van der Waals surface area contributed by atoms with Crippen LogP contribution in [0.4, 0.5) is 13.2 Å². The predicted molar refractivity (Wildman–Crippen MR) is 67.8 cm³/mol. The van der Waals surface area contributed by atoms with Crippen LogP contribution >= 0.6 is 0 Å². The Morgan fingerprint density at radius 1 is 1.24 bits per heavy atom. The number of oxazole rings is 1. The number of hydrogen-bond acceptors (Lipinski definition) is 4. The maximum atomic E-state index is 12.6. The Hall–Kier alpha value is -2.12. The molecule has 5 nitrogen and oxygen atoms in total. The van der Waals surface area contributed by atoms with Gasteiger partial charge in [0.1, 0.15) is 12.3 Å². The Labute approximate surface area is 118 Å². The molecule has 0 unspecified atom stereocenters. The minimum atomic E-state index is -4.61. The fraction of sp³-hybridized carbons (Fsp3) is 0.462. The van der Waals surface area contributed by atoms with E-state index in [9.17, 15) is 18.0 Å². The van der Waals surface area contributed by atoms with Crippen molar-refractivity contribution in [2.75, 3.05) is 0 Å². The lowest BCUT2D eigenvalue weighted by atomic mass is 9.94. The smallest absolute Gasteiger partial charge is 0.435 e. The summed E-state index contributed by atoms with van der Waals surface area (Å²) in [7, 11) is 0. The van der Waals surface area contributed by atoms with Crippen LogP contribution in [0.15, 0.2) is 27.5 Å². The second kappa shape index (κ2) is 5.01. The molecule has 0 aromatic carbocycles. The molecule has 0 N–H and O–H groups in total. The maximum absolute atomic E-state index is 12.6. The topological polar surface area (TPSA) is 60.9 Å². The Morgan fingerprint density at radius 3 is 2.43 bits per heavy atom. The van der Waals surface area contributed by atoms with Crippen LogP contribution in [0.1, 0.15) is 38.1 Å². The molecule has 0 aliphatic carbocycles. The highest BCUT2D eigenvalue weighted by molar-refractivity contribution is 5.07. The van der Waals surface area contributed by atoms with Crippen LogP contribution in [0.2, 0.25) is 0 Å². The normalized spacial score (nSPS) is 12.7. The Kier molecular flexibility index (Phi) is 3.65. The van der Waals surface area contributed by atoms with E-state index in [1.807, 2.05) is 20.8 Å². The molecular formula is C13H14F3N3O2. The van der Waals surface area contributed by atoms with Crippen molar-refractivity contribution in [3.05, 3.63) is 46.0 Å². The molecule has 114 valence electrons. The highest BCUT2D eigenvalue weighted by atomic mass is 19.4. The van der Waals surface area contributed by atoms with Crippen molar-refractivity contribution in [3.63, 3.8) is 0 Å². The van der Waals surface area contributed by atoms with Crippen LogP contribution in [0.5, 0.6) is 0 Å². The van der Waals surface area contributed by atoms with Crippen molar-refractivity contribution in [3.8, 4) is 0 Å². The molecule has 2 heterocycles. The van der Waals surface area contributed by atoms with Gasteiger partial charge in [0.2, 0.25) is 5.89 Å². The molecule has 0 bridgehead atoms. The van der Waals surface area contributed by atoms with Gasteiger partial charge in [0, 0.05) is 11.5 Å². The van der Waals surface area contributed by atoms with Crippen LogP contribution in [0, 0.1) is 0 Å². The summed E-state index contributed by atoms with van der Waals surface area (Å²) >= 11 is 0. The summed E-state index contributed by atoms with van der Waals surface area (Å²) in [6, 6.07) is 1.47. The summed E-state index contributed by atoms with van der Waals surface area (Å²) in [4.78, 5) is 15.5. The van der Waals surface area contributed by atoms with E-state index in [0.29, 0.717) is 16.5 Å². The van der Waals surface area contributed by atoms with Crippen molar-refractivity contribution >= 4 is 0 Å². The summed E-state index contributed by atoms with van der Waals surface area (Å²) in [5, 5.41) is 3.29. The van der Waals surface area contributed by atoms with Gasteiger partial charge in [-0.05, 0) is 6.07 Å². The van der Waals surface area contributed by atoms with Gasteiger partial charge < -0.3 is 4.42 Å². The first-order chi connectivity index (χ1) is 9.57. The number of alkyl halides is 3. The Bertz CT molecular complexity index is 696. The highest BCUT2D eigenvalue weighted by Crippen LogP contribution is 2.26. The molecule has 0 aliphatic heterocycles. The van der Waals surface area contributed by atoms with E-state index in [1.54, 1.807) is 0 Å². The van der Waals surface area contributed by atoms with Crippen LogP contribution in [0.25, 0.3) is 0 Å². The van der Waals surface area contributed by atoms with E-state index < -0.39 is 17.4 Å². The number of hydrogen-bond donors (Lipinski definition) is 0. The van der Waals surface area contributed by atoms with E-state index in [4.69, 9.17) is 4.42 Å². The molecule has 2 aromatic heterocycles. The largest absolute Gasteiger partial charge is 0.443 e. The number of halogens is 3. The van der Waals surface area contributed by atoms with Crippen molar-refractivity contribution in [2.24, 2.45) is 0 Å². The molecule has 0 aliphatic rings. The minimum Gasteiger partial charge on any atom is -0.443 e. The molecule has 2 aromatic rings. The van der Waals surface area contributed by atoms with Gasteiger partial charge in [-0.2, -0.15) is 18.3 Å². The summed E-state index contributed by atoms with van der Waals surface area (Å²) in [5.74, 6) is 0.714. The quantitative estimate of drug-likeness (QED) is 0.855. The molecule has 0 fully saturated rings. The predicted octanol–water partition coefficient (Wildman–Crippen LogP) is 2.60. The summed E-state index contributed by atoms with van der Waals surface area (Å²) in [5.41, 5.74) is -2.07. The van der Waals surface area contributed by atoms with Gasteiger partial charge >= 0.3 is 6.18 Å². The molecule has 0 atom stereocenters. The van der Waals surface area contributed by atoms with Crippen LogP contribution in [-0.4, -0.2) is 14.8 Å². The Balaban J connectivity index is 2.31. The van der Waals surface area contributed by atoms with Gasteiger partial charge in [0.15, 0.2) is 5.69 Å². The molecule has 0 saturated carbocycles. The van der Waals surface area contributed by atoms with Gasteiger partial charge in [0.25, 0.3) is 5.56 Å². The van der Waals surface area contributed by atoms with E-state index in [1.165, 1.54) is 6.20 Å². The summed E-state index contributed by atoms with van der Waals surface area (Å²) in [6.45, 7) is 5.47. The lowest BCUT2D eigenvalue weighted by molar-refractivity contribution is -0.142. The third kappa shape index (κ3) is 3.50. The number of nitrogens with zero attached hydrogens (tertiary/aromatic N) is 3. The van der Waals surface area contributed by atoms with E-state index in [2.05, 4.69) is 10.1 Å². The molecule has 2 rings (SSSR count). The molecule has 8 heteroatoms. The van der Waals surface area contributed by atoms with Crippen molar-refractivity contribution < 1.29 is 17.6 Å². The summed E-state index contributed by atoms with van der Waals surface area (Å²) < 4.78 is 43.9. The first kappa shape index (κ1) is 15.3. The third-order valence-electron chi connectivity index (χ3n) is 2.73. The van der Waals surface area contributed by atoms with Gasteiger partial charge in [-0.15, -0.1) is 0 Å². The fourth-order valence-corrected chi connectivity index (χ4v) is 1.57. The van der Waals surface area contributed by atoms with Crippen LogP contribution in [0.3, 0.4) is 0 Å². The van der Waals surface area contributed by atoms with Gasteiger partial charge in [0.05, 0.1) is 6.20 Å². The fourth-order valence-electron chi connectivity index (χ4n) is 1.57. The second-order valence-corrected chi connectivity index (χ2v) is 5.58. The van der Waals surface area contributed by atoms with Crippen molar-refractivity contribution in [1.82, 2.24) is 14.8 Å². The van der Waals surface area contributed by atoms with E-state index in [-0.39, 0.29) is 17.9 Å². The van der Waals surface area contributed by atoms with Gasteiger partial charge in [-0.25, -0.2) is 9.67 Å². The van der Waals surface area contributed by atoms with E-state index in [0.717, 1.165) is 6.07 Å². The first-order valence-corrected chi connectivity index (χ1v) is 6.18. The van der Waals surface area contributed by atoms with Crippen molar-refractivity contribution in [1.29, 1.82) is 0 Å². The lowest BCUT2D eigenvalue weighted by Gasteiger charge is -2.13. The van der Waals surface area contributed by atoms with Gasteiger partial charge in [-0.1, -0.05) is 20.8 Å². The zero-order valence-corrected chi connectivity index (χ0v) is 11.7. The molecule has 0 amide bonds. The van der Waals surface area contributed by atoms with Crippen LogP contribution in [-0.2, 0) is 18.1 Å². The van der Waals surface area contributed by atoms with Crippen molar-refractivity contribution in [2.45, 2.75) is 38.9 Å². The standard InChI is InChI=1S/C13H14F3N3O2/c1-12(2,3)9-6-17-10(21-9)7-19-11(20)5-4-8(18-19)13(14,15)16/h4-6H,7H2,1-3H3. The minimum absolute atomic E-state index is 0.133.